The fourth-order valence-corrected chi connectivity index (χ4v) is 3.63. The van der Waals surface area contributed by atoms with Gasteiger partial charge in [-0.3, -0.25) is 0 Å². The smallest absolute Gasteiger partial charge is 0.194 e. The lowest BCUT2D eigenvalue weighted by molar-refractivity contribution is 0.300. The van der Waals surface area contributed by atoms with Crippen molar-refractivity contribution in [2.75, 3.05) is 0 Å². The second-order valence-electron chi connectivity index (χ2n) is 6.72. The molecule has 1 fully saturated rings. The van der Waals surface area contributed by atoms with Crippen molar-refractivity contribution in [1.82, 2.24) is 0 Å². The molecule has 1 saturated carbocycles. The molecule has 0 nitrogen and oxygen atoms in total. The summed E-state index contributed by atoms with van der Waals surface area (Å²) in [5.41, 5.74) is 0.623. The second-order valence-corrected chi connectivity index (χ2v) is 6.72. The Labute approximate surface area is 132 Å². The van der Waals surface area contributed by atoms with Gasteiger partial charge in [-0.1, -0.05) is 45.4 Å². The summed E-state index contributed by atoms with van der Waals surface area (Å²) in [6, 6.07) is 2.35. The first-order valence-corrected chi connectivity index (χ1v) is 8.76. The second kappa shape index (κ2) is 8.59. The van der Waals surface area contributed by atoms with Crippen LogP contribution in [0.3, 0.4) is 0 Å². The van der Waals surface area contributed by atoms with Gasteiger partial charge in [0, 0.05) is 0 Å². The molecular weight excluding hydrogens is 285 g/mol. The first-order chi connectivity index (χ1) is 10.6. The maximum Gasteiger partial charge on any atom is 0.194 e. The number of unbranched alkanes of at least 4 members (excludes halogenated alkanes) is 4. The molecule has 0 aliphatic heterocycles. The van der Waals surface area contributed by atoms with Gasteiger partial charge in [0.05, 0.1) is 0 Å². The molecule has 1 aliphatic carbocycles. The van der Waals surface area contributed by atoms with Gasteiger partial charge in [-0.05, 0) is 55.2 Å². The van der Waals surface area contributed by atoms with Gasteiger partial charge in [0.25, 0.3) is 0 Å². The summed E-state index contributed by atoms with van der Waals surface area (Å²) in [4.78, 5) is 0. The number of halogens is 3. The van der Waals surface area contributed by atoms with Crippen molar-refractivity contribution in [1.29, 1.82) is 0 Å². The molecule has 0 unspecified atom stereocenters. The van der Waals surface area contributed by atoms with E-state index >= 15 is 0 Å². The van der Waals surface area contributed by atoms with E-state index in [0.717, 1.165) is 31.6 Å². The lowest BCUT2D eigenvalue weighted by atomic mass is 9.77. The normalized spacial score (nSPS) is 22.0. The summed E-state index contributed by atoms with van der Waals surface area (Å²) in [5, 5.41) is 0. The van der Waals surface area contributed by atoms with Gasteiger partial charge in [-0.2, -0.15) is 0 Å². The standard InChI is InChI=1S/C19H27F3/c1-2-3-4-5-6-7-14-8-10-15(11-9-14)16-12-17(20)19(22)18(21)13-16/h12-15H,2-11H2,1H3. The van der Waals surface area contributed by atoms with E-state index in [1.807, 2.05) is 0 Å². The van der Waals surface area contributed by atoms with Gasteiger partial charge < -0.3 is 0 Å². The number of rotatable bonds is 7. The molecule has 1 aromatic carbocycles. The van der Waals surface area contributed by atoms with E-state index in [2.05, 4.69) is 6.92 Å². The SMILES string of the molecule is CCCCCCCC1CCC(c2cc(F)c(F)c(F)c2)CC1. The highest BCUT2D eigenvalue weighted by atomic mass is 19.2. The Hall–Kier alpha value is -0.990. The van der Waals surface area contributed by atoms with Gasteiger partial charge in [-0.25, -0.2) is 13.2 Å². The van der Waals surface area contributed by atoms with Crippen LogP contribution in [-0.2, 0) is 0 Å². The van der Waals surface area contributed by atoms with E-state index in [4.69, 9.17) is 0 Å². The molecule has 3 heteroatoms. The van der Waals surface area contributed by atoms with Gasteiger partial charge in [0.2, 0.25) is 0 Å². The fourth-order valence-electron chi connectivity index (χ4n) is 3.63. The van der Waals surface area contributed by atoms with Crippen molar-refractivity contribution in [3.63, 3.8) is 0 Å². The first kappa shape index (κ1) is 17.4. The van der Waals surface area contributed by atoms with Crippen LogP contribution >= 0.6 is 0 Å². The summed E-state index contributed by atoms with van der Waals surface area (Å²) in [5.74, 6) is -2.54. The zero-order valence-corrected chi connectivity index (χ0v) is 13.5. The minimum Gasteiger partial charge on any atom is -0.204 e. The molecule has 124 valence electrons. The largest absolute Gasteiger partial charge is 0.204 e. The third-order valence-corrected chi connectivity index (χ3v) is 5.04. The molecule has 0 saturated heterocycles. The van der Waals surface area contributed by atoms with Crippen LogP contribution in [0.2, 0.25) is 0 Å². The van der Waals surface area contributed by atoms with Crippen molar-refractivity contribution < 1.29 is 13.2 Å². The third kappa shape index (κ3) is 4.76. The summed E-state index contributed by atoms with van der Waals surface area (Å²) in [6.45, 7) is 2.22. The summed E-state index contributed by atoms with van der Waals surface area (Å²) in [6.07, 6.45) is 12.0. The third-order valence-electron chi connectivity index (χ3n) is 5.04. The summed E-state index contributed by atoms with van der Waals surface area (Å²) in [7, 11) is 0. The van der Waals surface area contributed by atoms with Crippen LogP contribution < -0.4 is 0 Å². The Morgan fingerprint density at radius 3 is 2.05 bits per heavy atom. The van der Waals surface area contributed by atoms with Crippen LogP contribution in [-0.4, -0.2) is 0 Å². The van der Waals surface area contributed by atoms with Gasteiger partial charge in [-0.15, -0.1) is 0 Å². The molecule has 0 spiro atoms. The highest BCUT2D eigenvalue weighted by molar-refractivity contribution is 5.23. The van der Waals surface area contributed by atoms with Crippen molar-refractivity contribution in [3.05, 3.63) is 35.1 Å². The number of hydrogen-bond acceptors (Lipinski definition) is 0. The van der Waals surface area contributed by atoms with Crippen molar-refractivity contribution in [2.24, 2.45) is 5.92 Å². The van der Waals surface area contributed by atoms with Crippen LogP contribution in [0.5, 0.6) is 0 Å². The predicted octanol–water partition coefficient (Wildman–Crippen LogP) is 6.74. The van der Waals surface area contributed by atoms with E-state index in [1.54, 1.807) is 0 Å². The van der Waals surface area contributed by atoms with Gasteiger partial charge in [0.1, 0.15) is 0 Å². The minimum atomic E-state index is -1.36. The molecule has 0 aromatic heterocycles. The summed E-state index contributed by atoms with van der Waals surface area (Å²) >= 11 is 0. The molecule has 2 rings (SSSR count). The molecular formula is C19H27F3. The molecule has 1 aliphatic rings. The van der Waals surface area contributed by atoms with E-state index in [1.165, 1.54) is 50.7 Å². The molecule has 22 heavy (non-hydrogen) atoms. The zero-order valence-electron chi connectivity index (χ0n) is 13.5. The van der Waals surface area contributed by atoms with Crippen molar-refractivity contribution in [3.8, 4) is 0 Å². The topological polar surface area (TPSA) is 0 Å². The Balaban J connectivity index is 1.77. The van der Waals surface area contributed by atoms with E-state index in [-0.39, 0.29) is 5.92 Å². The quantitative estimate of drug-likeness (QED) is 0.386. The molecule has 0 atom stereocenters. The predicted molar refractivity (Wildman–Crippen MR) is 84.4 cm³/mol. The Morgan fingerprint density at radius 2 is 1.45 bits per heavy atom. The molecule has 0 N–H and O–H groups in total. The average Bonchev–Trinajstić information content (AvgIpc) is 2.52. The van der Waals surface area contributed by atoms with Crippen molar-refractivity contribution in [2.45, 2.75) is 77.0 Å². The molecule has 1 aromatic rings. The minimum absolute atomic E-state index is 0.181. The number of hydrogen-bond donors (Lipinski definition) is 0. The van der Waals surface area contributed by atoms with Gasteiger partial charge in [0.15, 0.2) is 17.5 Å². The molecule has 0 heterocycles. The lowest BCUT2D eigenvalue weighted by Crippen LogP contribution is -2.14. The fraction of sp³-hybridized carbons (Fsp3) is 0.684. The van der Waals surface area contributed by atoms with Crippen LogP contribution in [0.1, 0.15) is 82.6 Å². The number of benzene rings is 1. The first-order valence-electron chi connectivity index (χ1n) is 8.76. The van der Waals surface area contributed by atoms with Gasteiger partial charge >= 0.3 is 0 Å². The van der Waals surface area contributed by atoms with Crippen LogP contribution in [0.4, 0.5) is 13.2 Å². The van der Waals surface area contributed by atoms with E-state index in [9.17, 15) is 13.2 Å². The maximum absolute atomic E-state index is 13.3. The zero-order chi connectivity index (χ0) is 15.9. The Kier molecular flexibility index (Phi) is 6.78. The van der Waals surface area contributed by atoms with E-state index < -0.39 is 17.5 Å². The Morgan fingerprint density at radius 1 is 0.864 bits per heavy atom. The summed E-state index contributed by atoms with van der Waals surface area (Å²) < 4.78 is 39.7. The molecule has 0 radical (unpaired) electrons. The Bertz CT molecular complexity index is 439. The lowest BCUT2D eigenvalue weighted by Gasteiger charge is -2.29. The monoisotopic (exact) mass is 312 g/mol. The van der Waals surface area contributed by atoms with E-state index in [0.29, 0.717) is 5.56 Å². The van der Waals surface area contributed by atoms with Crippen LogP contribution in [0, 0.1) is 23.4 Å². The molecule has 0 amide bonds. The van der Waals surface area contributed by atoms with Crippen LogP contribution in [0.25, 0.3) is 0 Å². The average molecular weight is 312 g/mol. The molecule has 0 bridgehead atoms. The highest BCUT2D eigenvalue weighted by Gasteiger charge is 2.24. The highest BCUT2D eigenvalue weighted by Crippen LogP contribution is 2.38. The van der Waals surface area contributed by atoms with Crippen molar-refractivity contribution >= 4 is 0 Å². The van der Waals surface area contributed by atoms with Crippen LogP contribution in [0.15, 0.2) is 12.1 Å². The maximum atomic E-state index is 13.3.